The van der Waals surface area contributed by atoms with Gasteiger partial charge in [0.05, 0.1) is 24.5 Å². The third-order valence-corrected chi connectivity index (χ3v) is 1.94. The molecule has 0 atom stereocenters. The van der Waals surface area contributed by atoms with Gasteiger partial charge in [0.1, 0.15) is 0 Å². The molecule has 1 aliphatic rings. The molecule has 0 aromatic rings. The van der Waals surface area contributed by atoms with Crippen molar-refractivity contribution < 1.29 is 0 Å². The highest BCUT2D eigenvalue weighted by molar-refractivity contribution is 6.41. The zero-order chi connectivity index (χ0) is 8.10. The van der Waals surface area contributed by atoms with Crippen LogP contribution in [-0.2, 0) is 0 Å². The molecular formula is C9H16N2. The molecule has 0 aliphatic carbocycles. The lowest BCUT2D eigenvalue weighted by atomic mass is 10.1. The lowest BCUT2D eigenvalue weighted by molar-refractivity contribution is 0.828. The predicted molar refractivity (Wildman–Crippen MR) is 49.8 cm³/mol. The second-order valence-corrected chi connectivity index (χ2v) is 2.90. The number of hydrogen-bond donors (Lipinski definition) is 0. The minimum absolute atomic E-state index is 0.890. The second-order valence-electron chi connectivity index (χ2n) is 2.90. The van der Waals surface area contributed by atoms with E-state index in [1.807, 2.05) is 0 Å². The van der Waals surface area contributed by atoms with Crippen molar-refractivity contribution in [1.29, 1.82) is 0 Å². The molecule has 1 heterocycles. The molecule has 0 amide bonds. The molecule has 0 fully saturated rings. The topological polar surface area (TPSA) is 24.7 Å². The molecule has 0 saturated carbocycles. The van der Waals surface area contributed by atoms with Gasteiger partial charge in [-0.15, -0.1) is 0 Å². The lowest BCUT2D eigenvalue weighted by Crippen LogP contribution is -2.16. The standard InChI is InChI=1S/C9H16N2/c1-3-4-5-9-8(2)10-6-7-11-9/h3-7H2,1-2H3. The summed E-state index contributed by atoms with van der Waals surface area (Å²) >= 11 is 0. The Morgan fingerprint density at radius 3 is 2.64 bits per heavy atom. The maximum atomic E-state index is 4.43. The van der Waals surface area contributed by atoms with Crippen LogP contribution in [0.4, 0.5) is 0 Å². The van der Waals surface area contributed by atoms with E-state index in [1.165, 1.54) is 18.6 Å². The van der Waals surface area contributed by atoms with Crippen molar-refractivity contribution in [3.05, 3.63) is 0 Å². The molecule has 0 radical (unpaired) electrons. The van der Waals surface area contributed by atoms with Gasteiger partial charge >= 0.3 is 0 Å². The second kappa shape index (κ2) is 4.27. The van der Waals surface area contributed by atoms with E-state index in [0.717, 1.165) is 25.2 Å². The van der Waals surface area contributed by atoms with E-state index in [-0.39, 0.29) is 0 Å². The Labute approximate surface area is 68.4 Å². The van der Waals surface area contributed by atoms with E-state index < -0.39 is 0 Å². The summed E-state index contributed by atoms with van der Waals surface area (Å²) in [6.07, 6.45) is 3.60. The van der Waals surface area contributed by atoms with Crippen LogP contribution in [0.5, 0.6) is 0 Å². The fourth-order valence-corrected chi connectivity index (χ4v) is 1.21. The van der Waals surface area contributed by atoms with Gasteiger partial charge in [0, 0.05) is 0 Å². The minimum atomic E-state index is 0.890. The fraction of sp³-hybridized carbons (Fsp3) is 0.778. The van der Waals surface area contributed by atoms with E-state index in [0.29, 0.717) is 0 Å². The van der Waals surface area contributed by atoms with Crippen LogP contribution in [0.3, 0.4) is 0 Å². The van der Waals surface area contributed by atoms with Crippen LogP contribution in [0, 0.1) is 0 Å². The summed E-state index contributed by atoms with van der Waals surface area (Å²) in [5, 5.41) is 0. The monoisotopic (exact) mass is 152 g/mol. The average molecular weight is 152 g/mol. The molecule has 0 bridgehead atoms. The highest BCUT2D eigenvalue weighted by Crippen LogP contribution is 2.02. The van der Waals surface area contributed by atoms with Gasteiger partial charge in [-0.25, -0.2) is 0 Å². The summed E-state index contributed by atoms with van der Waals surface area (Å²) in [6.45, 7) is 6.06. The summed E-state index contributed by atoms with van der Waals surface area (Å²) < 4.78 is 0. The van der Waals surface area contributed by atoms with Crippen molar-refractivity contribution in [2.24, 2.45) is 9.98 Å². The largest absolute Gasteiger partial charge is 0.286 e. The van der Waals surface area contributed by atoms with Crippen LogP contribution in [0.1, 0.15) is 33.1 Å². The Hall–Kier alpha value is -0.660. The van der Waals surface area contributed by atoms with E-state index >= 15 is 0 Å². The fourth-order valence-electron chi connectivity index (χ4n) is 1.21. The molecule has 0 spiro atoms. The molecule has 2 heteroatoms. The summed E-state index contributed by atoms with van der Waals surface area (Å²) in [4.78, 5) is 8.78. The van der Waals surface area contributed by atoms with Crippen LogP contribution >= 0.6 is 0 Å². The van der Waals surface area contributed by atoms with Crippen molar-refractivity contribution in [3.63, 3.8) is 0 Å². The third-order valence-electron chi connectivity index (χ3n) is 1.94. The highest BCUT2D eigenvalue weighted by atomic mass is 14.9. The van der Waals surface area contributed by atoms with Gasteiger partial charge in [0.2, 0.25) is 0 Å². The van der Waals surface area contributed by atoms with Gasteiger partial charge in [0.25, 0.3) is 0 Å². The van der Waals surface area contributed by atoms with E-state index in [2.05, 4.69) is 23.8 Å². The summed E-state index contributed by atoms with van der Waals surface area (Å²) in [5.41, 5.74) is 2.39. The van der Waals surface area contributed by atoms with Gasteiger partial charge in [-0.2, -0.15) is 0 Å². The Bertz CT molecular complexity index is 180. The lowest BCUT2D eigenvalue weighted by Gasteiger charge is -2.09. The quantitative estimate of drug-likeness (QED) is 0.591. The Morgan fingerprint density at radius 2 is 2.00 bits per heavy atom. The van der Waals surface area contributed by atoms with Crippen molar-refractivity contribution in [2.75, 3.05) is 13.1 Å². The predicted octanol–water partition coefficient (Wildman–Crippen LogP) is 2.09. The van der Waals surface area contributed by atoms with Gasteiger partial charge in [-0.05, 0) is 19.8 Å². The number of unbranched alkanes of at least 4 members (excludes halogenated alkanes) is 1. The van der Waals surface area contributed by atoms with E-state index in [4.69, 9.17) is 0 Å². The number of nitrogens with zero attached hydrogens (tertiary/aromatic N) is 2. The Kier molecular flexibility index (Phi) is 3.27. The zero-order valence-corrected chi connectivity index (χ0v) is 7.43. The molecule has 2 nitrogen and oxygen atoms in total. The molecule has 1 aliphatic heterocycles. The maximum absolute atomic E-state index is 4.43. The Morgan fingerprint density at radius 1 is 1.27 bits per heavy atom. The number of hydrogen-bond acceptors (Lipinski definition) is 2. The smallest absolute Gasteiger partial charge is 0.0589 e. The van der Waals surface area contributed by atoms with Crippen LogP contribution in [0.25, 0.3) is 0 Å². The van der Waals surface area contributed by atoms with Crippen LogP contribution in [0.2, 0.25) is 0 Å². The molecule has 1 rings (SSSR count). The van der Waals surface area contributed by atoms with Crippen LogP contribution < -0.4 is 0 Å². The number of rotatable bonds is 3. The van der Waals surface area contributed by atoms with Crippen molar-refractivity contribution in [1.82, 2.24) is 0 Å². The SMILES string of the molecule is CCCCC1=NCCN=C1C. The normalized spacial score (nSPS) is 17.6. The van der Waals surface area contributed by atoms with Crippen molar-refractivity contribution >= 4 is 11.4 Å². The average Bonchev–Trinajstić information content (AvgIpc) is 2.03. The highest BCUT2D eigenvalue weighted by Gasteiger charge is 2.05. The Balaban J connectivity index is 2.43. The van der Waals surface area contributed by atoms with Crippen LogP contribution in [0.15, 0.2) is 9.98 Å². The summed E-state index contributed by atoms with van der Waals surface area (Å²) in [5.74, 6) is 0. The van der Waals surface area contributed by atoms with Gasteiger partial charge < -0.3 is 0 Å². The molecule has 11 heavy (non-hydrogen) atoms. The first kappa shape index (κ1) is 8.44. The molecule has 0 N–H and O–H groups in total. The maximum Gasteiger partial charge on any atom is 0.0589 e. The summed E-state index contributed by atoms with van der Waals surface area (Å²) in [7, 11) is 0. The molecular weight excluding hydrogens is 136 g/mol. The van der Waals surface area contributed by atoms with Gasteiger partial charge in [-0.3, -0.25) is 9.98 Å². The van der Waals surface area contributed by atoms with E-state index in [1.54, 1.807) is 0 Å². The first-order valence-corrected chi connectivity index (χ1v) is 4.39. The first-order valence-electron chi connectivity index (χ1n) is 4.39. The molecule has 62 valence electrons. The molecule has 0 aromatic heterocycles. The molecule has 0 saturated heterocycles. The molecule has 0 aromatic carbocycles. The number of aliphatic imine (C=N–C) groups is 2. The van der Waals surface area contributed by atoms with Crippen LogP contribution in [-0.4, -0.2) is 24.5 Å². The van der Waals surface area contributed by atoms with Crippen molar-refractivity contribution in [2.45, 2.75) is 33.1 Å². The minimum Gasteiger partial charge on any atom is -0.286 e. The molecule has 0 unspecified atom stereocenters. The zero-order valence-electron chi connectivity index (χ0n) is 7.43. The summed E-state index contributed by atoms with van der Waals surface area (Å²) in [6, 6.07) is 0. The third kappa shape index (κ3) is 2.45. The van der Waals surface area contributed by atoms with Gasteiger partial charge in [-0.1, -0.05) is 13.3 Å². The first-order chi connectivity index (χ1) is 5.34. The van der Waals surface area contributed by atoms with Gasteiger partial charge in [0.15, 0.2) is 0 Å². The van der Waals surface area contributed by atoms with Crippen molar-refractivity contribution in [3.8, 4) is 0 Å². The van der Waals surface area contributed by atoms with E-state index in [9.17, 15) is 0 Å².